The third-order valence-electron chi connectivity index (χ3n) is 3.01. The highest BCUT2D eigenvalue weighted by Crippen LogP contribution is 2.16. The molecule has 2 N–H and O–H groups in total. The molecule has 0 bridgehead atoms. The van der Waals surface area contributed by atoms with Crippen LogP contribution in [0, 0.1) is 11.7 Å². The largest absolute Gasteiger partial charge is 0.494 e. The summed E-state index contributed by atoms with van der Waals surface area (Å²) in [6, 6.07) is 7.82. The Morgan fingerprint density at radius 2 is 2.10 bits per heavy atom. The van der Waals surface area contributed by atoms with Crippen LogP contribution in [0.5, 0.6) is 5.75 Å². The first-order valence-electron chi connectivity index (χ1n) is 6.64. The summed E-state index contributed by atoms with van der Waals surface area (Å²) in [7, 11) is 0. The molecule has 20 heavy (non-hydrogen) atoms. The zero-order valence-corrected chi connectivity index (χ0v) is 12.5. The van der Waals surface area contributed by atoms with E-state index in [1.165, 1.54) is 0 Å². The number of H-pyrrole nitrogens is 2. The summed E-state index contributed by atoms with van der Waals surface area (Å²) in [6.07, 6.45) is 1.52. The third-order valence-corrected chi connectivity index (χ3v) is 3.21. The molecule has 5 heteroatoms. The van der Waals surface area contributed by atoms with Gasteiger partial charge in [-0.05, 0) is 43.3 Å². The fourth-order valence-electron chi connectivity index (χ4n) is 2.01. The second-order valence-corrected chi connectivity index (χ2v) is 5.09. The summed E-state index contributed by atoms with van der Waals surface area (Å²) in [4.78, 5) is 17.5. The van der Waals surface area contributed by atoms with E-state index < -0.39 is 0 Å². The van der Waals surface area contributed by atoms with Gasteiger partial charge in [-0.2, -0.15) is 0 Å². The molecule has 0 saturated heterocycles. The lowest BCUT2D eigenvalue weighted by Crippen LogP contribution is -2.16. The van der Waals surface area contributed by atoms with Crippen LogP contribution < -0.4 is 10.3 Å². The number of hydrogen-bond donors (Lipinski definition) is 2. The number of aromatic amines is 2. The lowest BCUT2D eigenvalue weighted by Gasteiger charge is -2.08. The van der Waals surface area contributed by atoms with E-state index in [1.54, 1.807) is 0 Å². The smallest absolute Gasteiger partial charge is 0.255 e. The van der Waals surface area contributed by atoms with Crippen LogP contribution in [0.1, 0.15) is 30.2 Å². The second kappa shape index (κ2) is 6.52. The first kappa shape index (κ1) is 14.5. The van der Waals surface area contributed by atoms with Gasteiger partial charge in [0.25, 0.3) is 5.56 Å². The minimum Gasteiger partial charge on any atom is -0.494 e. The van der Waals surface area contributed by atoms with E-state index >= 15 is 0 Å². The van der Waals surface area contributed by atoms with Gasteiger partial charge in [0.2, 0.25) is 0 Å². The van der Waals surface area contributed by atoms with Crippen LogP contribution in [0.4, 0.5) is 0 Å². The molecule has 0 saturated carbocycles. The van der Waals surface area contributed by atoms with Gasteiger partial charge in [-0.1, -0.05) is 19.1 Å². The van der Waals surface area contributed by atoms with E-state index in [0.29, 0.717) is 23.4 Å². The lowest BCUT2D eigenvalue weighted by atomic mass is 10.0. The molecule has 0 amide bonds. The topological polar surface area (TPSA) is 57.9 Å². The van der Waals surface area contributed by atoms with E-state index in [4.69, 9.17) is 17.0 Å². The zero-order valence-electron chi connectivity index (χ0n) is 11.7. The van der Waals surface area contributed by atoms with Crippen molar-refractivity contribution in [3.8, 4) is 5.75 Å². The normalized spacial score (nSPS) is 10.5. The van der Waals surface area contributed by atoms with Crippen LogP contribution in [0.25, 0.3) is 0 Å². The van der Waals surface area contributed by atoms with Crippen LogP contribution in [0.2, 0.25) is 0 Å². The number of ether oxygens (including phenoxy) is 1. The highest BCUT2D eigenvalue weighted by Gasteiger charge is 2.07. The molecule has 2 aromatic rings. The number of aromatic nitrogens is 2. The number of hydrogen-bond acceptors (Lipinski definition) is 3. The van der Waals surface area contributed by atoms with Crippen molar-refractivity contribution in [2.75, 3.05) is 6.61 Å². The van der Waals surface area contributed by atoms with Gasteiger partial charge in [-0.25, -0.2) is 0 Å². The summed E-state index contributed by atoms with van der Waals surface area (Å²) in [5.74, 6) is 0.835. The van der Waals surface area contributed by atoms with Crippen molar-refractivity contribution in [2.45, 2.75) is 26.7 Å². The molecule has 106 valence electrons. The molecule has 0 fully saturated rings. The zero-order chi connectivity index (χ0) is 14.5. The Bertz CT molecular complexity index is 704. The predicted octanol–water partition coefficient (Wildman–Crippen LogP) is 3.12. The molecule has 4 nitrogen and oxygen atoms in total. The maximum Gasteiger partial charge on any atom is 0.255 e. The Morgan fingerprint density at radius 3 is 2.80 bits per heavy atom. The van der Waals surface area contributed by atoms with Crippen LogP contribution in [0.3, 0.4) is 0 Å². The molecule has 0 aliphatic rings. The molecule has 2 rings (SSSR count). The first-order valence-corrected chi connectivity index (χ1v) is 7.04. The molecule has 0 atom stereocenters. The minimum absolute atomic E-state index is 0.133. The Kier molecular flexibility index (Phi) is 4.74. The van der Waals surface area contributed by atoms with Crippen molar-refractivity contribution >= 4 is 12.2 Å². The average Bonchev–Trinajstić information content (AvgIpc) is 2.41. The van der Waals surface area contributed by atoms with Crippen molar-refractivity contribution in [1.29, 1.82) is 0 Å². The Labute approximate surface area is 122 Å². The number of rotatable bonds is 5. The van der Waals surface area contributed by atoms with Gasteiger partial charge in [0, 0.05) is 17.7 Å². The van der Waals surface area contributed by atoms with Gasteiger partial charge >= 0.3 is 0 Å². The standard InChI is InChI=1S/C15H18N2O2S/c1-3-7-19-12-6-4-5-11(8-12)9-13-10(2)16-15(20)17-14(13)18/h4-6,8H,3,7,9H2,1-2H3,(H2,16,17,18,20). The Hall–Kier alpha value is -1.88. The summed E-state index contributed by atoms with van der Waals surface area (Å²) in [5.41, 5.74) is 2.41. The molecular formula is C15H18N2O2S. The summed E-state index contributed by atoms with van der Waals surface area (Å²) in [5, 5.41) is 0. The summed E-state index contributed by atoms with van der Waals surface area (Å²) in [6.45, 7) is 4.62. The lowest BCUT2D eigenvalue weighted by molar-refractivity contribution is 0.317. The molecular weight excluding hydrogens is 272 g/mol. The van der Waals surface area contributed by atoms with E-state index in [1.807, 2.05) is 31.2 Å². The van der Waals surface area contributed by atoms with E-state index in [9.17, 15) is 4.79 Å². The second-order valence-electron chi connectivity index (χ2n) is 4.68. The van der Waals surface area contributed by atoms with Crippen molar-refractivity contribution in [1.82, 2.24) is 9.97 Å². The van der Waals surface area contributed by atoms with Crippen LogP contribution in [-0.4, -0.2) is 16.6 Å². The van der Waals surface area contributed by atoms with Crippen molar-refractivity contribution in [3.63, 3.8) is 0 Å². The molecule has 0 aliphatic heterocycles. The maximum absolute atomic E-state index is 11.9. The number of nitrogens with one attached hydrogen (secondary N) is 2. The molecule has 0 radical (unpaired) electrons. The molecule has 0 spiro atoms. The number of benzene rings is 1. The van der Waals surface area contributed by atoms with Crippen LogP contribution >= 0.6 is 12.2 Å². The van der Waals surface area contributed by atoms with Gasteiger partial charge in [0.15, 0.2) is 4.77 Å². The highest BCUT2D eigenvalue weighted by molar-refractivity contribution is 7.71. The maximum atomic E-state index is 11.9. The quantitative estimate of drug-likeness (QED) is 0.832. The molecule has 0 aliphatic carbocycles. The third kappa shape index (κ3) is 3.57. The van der Waals surface area contributed by atoms with Crippen LogP contribution in [-0.2, 0) is 6.42 Å². The van der Waals surface area contributed by atoms with E-state index in [-0.39, 0.29) is 5.56 Å². The Balaban J connectivity index is 2.26. The van der Waals surface area contributed by atoms with Gasteiger partial charge < -0.3 is 9.72 Å². The monoisotopic (exact) mass is 290 g/mol. The van der Waals surface area contributed by atoms with Crippen molar-refractivity contribution in [3.05, 3.63) is 56.2 Å². The summed E-state index contributed by atoms with van der Waals surface area (Å²) < 4.78 is 5.96. The number of aryl methyl sites for hydroxylation is 1. The van der Waals surface area contributed by atoms with E-state index in [2.05, 4.69) is 16.9 Å². The minimum atomic E-state index is -0.133. The first-order chi connectivity index (χ1) is 9.60. The molecule has 1 aromatic heterocycles. The molecule has 1 aromatic carbocycles. The Morgan fingerprint density at radius 1 is 1.30 bits per heavy atom. The van der Waals surface area contributed by atoms with Crippen molar-refractivity contribution in [2.24, 2.45) is 0 Å². The van der Waals surface area contributed by atoms with Gasteiger partial charge in [-0.15, -0.1) is 0 Å². The fourth-order valence-corrected chi connectivity index (χ4v) is 2.25. The average molecular weight is 290 g/mol. The molecule has 1 heterocycles. The van der Waals surface area contributed by atoms with Gasteiger partial charge in [0.05, 0.1) is 6.61 Å². The molecule has 0 unspecified atom stereocenters. The van der Waals surface area contributed by atoms with Crippen LogP contribution in [0.15, 0.2) is 29.1 Å². The van der Waals surface area contributed by atoms with Gasteiger partial charge in [0.1, 0.15) is 5.75 Å². The van der Waals surface area contributed by atoms with Gasteiger partial charge in [-0.3, -0.25) is 9.78 Å². The van der Waals surface area contributed by atoms with E-state index in [0.717, 1.165) is 23.4 Å². The predicted molar refractivity (Wildman–Crippen MR) is 82.0 cm³/mol. The SMILES string of the molecule is CCCOc1cccc(Cc2c(C)[nH]c(=S)[nH]c2=O)c1. The fraction of sp³-hybridized carbons (Fsp3) is 0.333. The summed E-state index contributed by atoms with van der Waals surface area (Å²) >= 11 is 4.95. The van der Waals surface area contributed by atoms with Crippen molar-refractivity contribution < 1.29 is 4.74 Å². The highest BCUT2D eigenvalue weighted by atomic mass is 32.1.